The minimum absolute atomic E-state index is 0.00499. The van der Waals surface area contributed by atoms with Crippen molar-refractivity contribution in [2.45, 2.75) is 58.5 Å². The fourth-order valence-electron chi connectivity index (χ4n) is 3.16. The van der Waals surface area contributed by atoms with Crippen LogP contribution in [0, 0.1) is 5.92 Å². The number of imide groups is 3. The zero-order chi connectivity index (χ0) is 18.7. The summed E-state index contributed by atoms with van der Waals surface area (Å²) in [6.45, 7) is 4.55. The second kappa shape index (κ2) is 7.62. The summed E-state index contributed by atoms with van der Waals surface area (Å²) < 4.78 is 0. The van der Waals surface area contributed by atoms with Crippen LogP contribution in [0.3, 0.4) is 0 Å². The number of hydrogen-bond donors (Lipinski definition) is 2. The summed E-state index contributed by atoms with van der Waals surface area (Å²) in [6.07, 6.45) is 4.01. The molecule has 2 unspecified atom stereocenters. The van der Waals surface area contributed by atoms with Crippen molar-refractivity contribution in [3.63, 3.8) is 0 Å². The number of rotatable bonds is 4. The molecular formula is C16H24N4O5. The summed E-state index contributed by atoms with van der Waals surface area (Å²) in [5.41, 5.74) is 0. The van der Waals surface area contributed by atoms with Gasteiger partial charge in [0.25, 0.3) is 0 Å². The molecule has 1 saturated heterocycles. The Morgan fingerprint density at radius 2 is 1.76 bits per heavy atom. The van der Waals surface area contributed by atoms with Gasteiger partial charge in [-0.05, 0) is 32.6 Å². The molecule has 0 aromatic heterocycles. The van der Waals surface area contributed by atoms with Crippen LogP contribution in [0.15, 0.2) is 0 Å². The quantitative estimate of drug-likeness (QED) is 0.567. The molecule has 2 N–H and O–H groups in total. The van der Waals surface area contributed by atoms with Crippen LogP contribution in [0.25, 0.3) is 0 Å². The molecule has 9 heteroatoms. The molecule has 0 aromatic carbocycles. The van der Waals surface area contributed by atoms with E-state index < -0.39 is 42.4 Å². The zero-order valence-electron chi connectivity index (χ0n) is 14.7. The van der Waals surface area contributed by atoms with Crippen LogP contribution in [0.2, 0.25) is 0 Å². The third-order valence-corrected chi connectivity index (χ3v) is 4.58. The van der Waals surface area contributed by atoms with Gasteiger partial charge in [-0.3, -0.25) is 24.6 Å². The van der Waals surface area contributed by atoms with Gasteiger partial charge >= 0.3 is 23.9 Å². The minimum atomic E-state index is -1.06. The number of urea groups is 2. The average molecular weight is 352 g/mol. The van der Waals surface area contributed by atoms with Crippen molar-refractivity contribution in [1.82, 2.24) is 20.4 Å². The van der Waals surface area contributed by atoms with Gasteiger partial charge in [0.1, 0.15) is 6.54 Å². The Morgan fingerprint density at radius 1 is 1.12 bits per heavy atom. The predicted octanol–water partition coefficient (Wildman–Crippen LogP) is 0.590. The highest BCUT2D eigenvalue weighted by molar-refractivity contribution is 6.45. The molecule has 1 aliphatic carbocycles. The topological polar surface area (TPSA) is 116 Å². The van der Waals surface area contributed by atoms with E-state index >= 15 is 0 Å². The van der Waals surface area contributed by atoms with E-state index in [2.05, 4.69) is 10.6 Å². The van der Waals surface area contributed by atoms with Gasteiger partial charge in [-0.15, -0.1) is 0 Å². The van der Waals surface area contributed by atoms with E-state index in [-0.39, 0.29) is 6.04 Å². The molecule has 25 heavy (non-hydrogen) atoms. The van der Waals surface area contributed by atoms with E-state index in [0.29, 0.717) is 10.8 Å². The van der Waals surface area contributed by atoms with E-state index in [1.807, 2.05) is 6.92 Å². The first-order valence-electron chi connectivity index (χ1n) is 8.51. The van der Waals surface area contributed by atoms with Crippen molar-refractivity contribution < 1.29 is 24.0 Å². The summed E-state index contributed by atoms with van der Waals surface area (Å²) in [5.74, 6) is -2.52. The third kappa shape index (κ3) is 4.15. The summed E-state index contributed by atoms with van der Waals surface area (Å²) in [5, 5.41) is 4.86. The first-order valence-corrected chi connectivity index (χ1v) is 8.51. The van der Waals surface area contributed by atoms with Crippen LogP contribution < -0.4 is 10.6 Å². The Labute approximate surface area is 146 Å². The van der Waals surface area contributed by atoms with Crippen molar-refractivity contribution in [3.8, 4) is 0 Å². The molecular weight excluding hydrogens is 328 g/mol. The van der Waals surface area contributed by atoms with Crippen molar-refractivity contribution in [2.75, 3.05) is 6.54 Å². The zero-order valence-corrected chi connectivity index (χ0v) is 14.7. The molecule has 1 saturated carbocycles. The lowest BCUT2D eigenvalue weighted by atomic mass is 9.86. The van der Waals surface area contributed by atoms with E-state index in [1.165, 1.54) is 0 Å². The number of carbonyl (C=O) groups excluding carboxylic acids is 5. The average Bonchev–Trinajstić information content (AvgIpc) is 2.73. The SMILES string of the molecule is CC1CCCCC1NC(=O)NC(=O)CN1C(=O)C(=O)N(C(C)C)C1=O. The Balaban J connectivity index is 1.89. The van der Waals surface area contributed by atoms with Crippen LogP contribution in [-0.4, -0.2) is 58.2 Å². The Morgan fingerprint density at radius 3 is 2.32 bits per heavy atom. The molecule has 7 amide bonds. The molecule has 9 nitrogen and oxygen atoms in total. The second-order valence-electron chi connectivity index (χ2n) is 6.83. The molecule has 0 bridgehead atoms. The van der Waals surface area contributed by atoms with Crippen LogP contribution >= 0.6 is 0 Å². The van der Waals surface area contributed by atoms with Crippen LogP contribution in [-0.2, 0) is 14.4 Å². The van der Waals surface area contributed by atoms with Crippen LogP contribution in [0.5, 0.6) is 0 Å². The number of carbonyl (C=O) groups is 5. The fourth-order valence-corrected chi connectivity index (χ4v) is 3.16. The lowest BCUT2D eigenvalue weighted by Crippen LogP contribution is -2.50. The van der Waals surface area contributed by atoms with Gasteiger partial charge in [0.15, 0.2) is 0 Å². The summed E-state index contributed by atoms with van der Waals surface area (Å²) in [7, 11) is 0. The molecule has 0 spiro atoms. The lowest BCUT2D eigenvalue weighted by Gasteiger charge is -2.29. The smallest absolute Gasteiger partial charge is 0.334 e. The van der Waals surface area contributed by atoms with E-state index in [0.717, 1.165) is 30.6 Å². The largest absolute Gasteiger partial charge is 0.335 e. The molecule has 138 valence electrons. The molecule has 2 atom stereocenters. The van der Waals surface area contributed by atoms with E-state index in [1.54, 1.807) is 13.8 Å². The second-order valence-corrected chi connectivity index (χ2v) is 6.83. The Bertz CT molecular complexity index is 603. The van der Waals surface area contributed by atoms with Crippen molar-refractivity contribution in [3.05, 3.63) is 0 Å². The maximum atomic E-state index is 12.1. The molecule has 2 rings (SSSR count). The third-order valence-electron chi connectivity index (χ3n) is 4.58. The maximum Gasteiger partial charge on any atom is 0.334 e. The van der Waals surface area contributed by atoms with E-state index in [4.69, 9.17) is 0 Å². The molecule has 2 aliphatic rings. The number of nitrogens with zero attached hydrogens (tertiary/aromatic N) is 2. The van der Waals surface area contributed by atoms with Gasteiger partial charge in [0, 0.05) is 12.1 Å². The van der Waals surface area contributed by atoms with Gasteiger partial charge in [0.05, 0.1) is 0 Å². The van der Waals surface area contributed by atoms with Gasteiger partial charge in [-0.25, -0.2) is 14.5 Å². The van der Waals surface area contributed by atoms with Gasteiger partial charge in [0.2, 0.25) is 5.91 Å². The highest BCUT2D eigenvalue weighted by Crippen LogP contribution is 2.23. The number of hydrogen-bond acceptors (Lipinski definition) is 5. The number of amides is 7. The van der Waals surface area contributed by atoms with Gasteiger partial charge in [-0.2, -0.15) is 0 Å². The fraction of sp³-hybridized carbons (Fsp3) is 0.688. The molecule has 0 aromatic rings. The van der Waals surface area contributed by atoms with Crippen molar-refractivity contribution >= 4 is 29.8 Å². The standard InChI is InChI=1S/C16H24N4O5/c1-9(2)20-14(23)13(22)19(16(20)25)8-12(21)18-15(24)17-11-7-5-4-6-10(11)3/h9-11H,4-8H2,1-3H3,(H2,17,18,21,24). The maximum absolute atomic E-state index is 12.1. The van der Waals surface area contributed by atoms with Crippen molar-refractivity contribution in [1.29, 1.82) is 0 Å². The van der Waals surface area contributed by atoms with Gasteiger partial charge in [-0.1, -0.05) is 19.8 Å². The monoisotopic (exact) mass is 352 g/mol. The number of nitrogens with one attached hydrogen (secondary N) is 2. The molecule has 2 fully saturated rings. The molecule has 0 radical (unpaired) electrons. The predicted molar refractivity (Wildman–Crippen MR) is 87.2 cm³/mol. The summed E-state index contributed by atoms with van der Waals surface area (Å²) in [4.78, 5) is 60.9. The van der Waals surface area contributed by atoms with Gasteiger partial charge < -0.3 is 5.32 Å². The first-order chi connectivity index (χ1) is 11.7. The Kier molecular flexibility index (Phi) is 5.76. The van der Waals surface area contributed by atoms with Crippen LogP contribution in [0.1, 0.15) is 46.5 Å². The highest BCUT2D eigenvalue weighted by atomic mass is 16.2. The van der Waals surface area contributed by atoms with Crippen molar-refractivity contribution in [2.24, 2.45) is 5.92 Å². The minimum Gasteiger partial charge on any atom is -0.335 e. The first kappa shape index (κ1) is 18.9. The molecule has 1 aliphatic heterocycles. The Hall–Kier alpha value is -2.45. The molecule has 1 heterocycles. The normalized spacial score (nSPS) is 24.1. The van der Waals surface area contributed by atoms with E-state index in [9.17, 15) is 24.0 Å². The summed E-state index contributed by atoms with van der Waals surface area (Å²) in [6, 6.07) is -2.00. The lowest BCUT2D eigenvalue weighted by molar-refractivity contribution is -0.144. The van der Waals surface area contributed by atoms with Crippen LogP contribution in [0.4, 0.5) is 9.59 Å². The highest BCUT2D eigenvalue weighted by Gasteiger charge is 2.46. The summed E-state index contributed by atoms with van der Waals surface area (Å²) >= 11 is 0.